The third-order valence-corrected chi connectivity index (χ3v) is 2.34. The Morgan fingerprint density at radius 3 is 2.95 bits per heavy atom. The minimum Gasteiger partial charge on any atom is -0.733 e. The number of carbonyl (C=O) groups excluding carboxylic acids is 1. The van der Waals surface area contributed by atoms with Crippen LogP contribution >= 0.6 is 11.6 Å². The molecule has 0 unspecified atom stereocenters. The predicted molar refractivity (Wildman–Crippen MR) is 72.3 cm³/mol. The molecule has 0 fully saturated rings. The van der Waals surface area contributed by atoms with Crippen molar-refractivity contribution in [1.29, 1.82) is 0 Å². The Hall–Kier alpha value is -1.90. The lowest BCUT2D eigenvalue weighted by atomic mass is 10.2. The SMILES string of the molecule is CCC/C(Cl)=N/OC(=O)Nc1ccc(F)c(N([O-])O)c1. The van der Waals surface area contributed by atoms with Crippen molar-refractivity contribution in [2.45, 2.75) is 19.8 Å². The van der Waals surface area contributed by atoms with Gasteiger partial charge < -0.3 is 10.4 Å². The van der Waals surface area contributed by atoms with Crippen LogP contribution in [0.15, 0.2) is 23.4 Å². The van der Waals surface area contributed by atoms with E-state index in [-0.39, 0.29) is 10.9 Å². The van der Waals surface area contributed by atoms with Gasteiger partial charge in [0, 0.05) is 12.1 Å². The molecule has 1 rings (SSSR count). The van der Waals surface area contributed by atoms with Crippen LogP contribution in [-0.2, 0) is 4.84 Å². The Labute approximate surface area is 119 Å². The van der Waals surface area contributed by atoms with E-state index in [1.54, 1.807) is 0 Å². The van der Waals surface area contributed by atoms with Gasteiger partial charge in [0.25, 0.3) is 0 Å². The summed E-state index contributed by atoms with van der Waals surface area (Å²) in [6, 6.07) is 3.02. The van der Waals surface area contributed by atoms with Crippen molar-refractivity contribution in [2.75, 3.05) is 10.5 Å². The highest BCUT2D eigenvalue weighted by atomic mass is 35.5. The van der Waals surface area contributed by atoms with Crippen LogP contribution in [0.3, 0.4) is 0 Å². The first kappa shape index (κ1) is 16.2. The largest absolute Gasteiger partial charge is 0.733 e. The fraction of sp³-hybridized carbons (Fsp3) is 0.273. The van der Waals surface area contributed by atoms with Crippen molar-refractivity contribution in [2.24, 2.45) is 5.16 Å². The molecule has 0 atom stereocenters. The van der Waals surface area contributed by atoms with Gasteiger partial charge in [0.15, 0.2) is 0 Å². The van der Waals surface area contributed by atoms with Gasteiger partial charge in [0.05, 0.1) is 5.69 Å². The summed E-state index contributed by atoms with van der Waals surface area (Å²) in [4.78, 5) is 15.8. The number of anilines is 2. The number of halogens is 2. The molecule has 0 spiro atoms. The van der Waals surface area contributed by atoms with Gasteiger partial charge in [-0.1, -0.05) is 23.7 Å². The fourth-order valence-corrected chi connectivity index (χ4v) is 1.44. The minimum absolute atomic E-state index is 0.0445. The van der Waals surface area contributed by atoms with Crippen LogP contribution in [0.2, 0.25) is 0 Å². The van der Waals surface area contributed by atoms with Gasteiger partial charge in [-0.05, 0) is 24.6 Å². The highest BCUT2D eigenvalue weighted by molar-refractivity contribution is 6.65. The molecule has 0 aliphatic carbocycles. The zero-order chi connectivity index (χ0) is 15.1. The first-order valence-electron chi connectivity index (χ1n) is 5.60. The lowest BCUT2D eigenvalue weighted by Gasteiger charge is -2.22. The molecule has 110 valence electrons. The molecule has 0 heterocycles. The van der Waals surface area contributed by atoms with E-state index in [9.17, 15) is 14.4 Å². The van der Waals surface area contributed by atoms with Crippen molar-refractivity contribution in [3.05, 3.63) is 29.2 Å². The summed E-state index contributed by atoms with van der Waals surface area (Å²) in [5.74, 6) is -0.939. The van der Waals surface area contributed by atoms with E-state index in [1.165, 1.54) is 6.07 Å². The molecule has 0 saturated heterocycles. The van der Waals surface area contributed by atoms with Gasteiger partial charge in [-0.25, -0.2) is 9.18 Å². The Kier molecular flexibility index (Phi) is 6.16. The fourth-order valence-electron chi connectivity index (χ4n) is 1.22. The molecule has 1 aromatic carbocycles. The number of carbonyl (C=O) groups is 1. The number of amides is 1. The molecule has 0 aromatic heterocycles. The average Bonchev–Trinajstić information content (AvgIpc) is 2.39. The van der Waals surface area contributed by atoms with Crippen LogP contribution in [0, 0.1) is 11.0 Å². The van der Waals surface area contributed by atoms with E-state index in [4.69, 9.17) is 16.8 Å². The first-order chi connectivity index (χ1) is 9.43. The Morgan fingerprint density at radius 1 is 1.65 bits per heavy atom. The van der Waals surface area contributed by atoms with Crippen LogP contribution in [0.25, 0.3) is 0 Å². The number of rotatable bonds is 5. The molecule has 1 aromatic rings. The van der Waals surface area contributed by atoms with Crippen molar-refractivity contribution in [1.82, 2.24) is 0 Å². The van der Waals surface area contributed by atoms with Gasteiger partial charge in [-0.3, -0.25) is 15.4 Å². The molecule has 2 N–H and O–H groups in total. The summed E-state index contributed by atoms with van der Waals surface area (Å²) >= 11 is 5.63. The van der Waals surface area contributed by atoms with Crippen molar-refractivity contribution in [3.63, 3.8) is 0 Å². The maximum atomic E-state index is 13.1. The maximum Gasteiger partial charge on any atom is 0.437 e. The van der Waals surface area contributed by atoms with Crippen molar-refractivity contribution in [3.8, 4) is 0 Å². The third-order valence-electron chi connectivity index (χ3n) is 2.08. The Bertz CT molecular complexity index is 510. The van der Waals surface area contributed by atoms with Gasteiger partial charge >= 0.3 is 6.09 Å². The third kappa shape index (κ3) is 5.00. The van der Waals surface area contributed by atoms with Crippen LogP contribution < -0.4 is 10.5 Å². The molecule has 0 radical (unpaired) electrons. The van der Waals surface area contributed by atoms with Crippen LogP contribution in [0.1, 0.15) is 19.8 Å². The van der Waals surface area contributed by atoms with E-state index in [0.717, 1.165) is 18.6 Å². The van der Waals surface area contributed by atoms with Gasteiger partial charge in [-0.15, -0.1) is 0 Å². The summed E-state index contributed by atoms with van der Waals surface area (Å²) in [5.41, 5.74) is -0.599. The quantitative estimate of drug-likeness (QED) is 0.493. The second-order valence-corrected chi connectivity index (χ2v) is 4.10. The summed E-state index contributed by atoms with van der Waals surface area (Å²) < 4.78 is 13.1. The Balaban J connectivity index is 2.67. The second kappa shape index (κ2) is 7.63. The number of nitrogens with one attached hydrogen (secondary N) is 1. The van der Waals surface area contributed by atoms with E-state index < -0.39 is 22.8 Å². The van der Waals surface area contributed by atoms with Crippen molar-refractivity contribution >= 4 is 34.2 Å². The van der Waals surface area contributed by atoms with E-state index in [0.29, 0.717) is 6.42 Å². The molecule has 0 aliphatic heterocycles. The standard InChI is InChI=1S/C11H12ClFN3O4/c1-2-3-10(12)15-20-11(17)14-7-4-5-8(13)9(6-7)16(18)19/h4-6,18H,2-3H2,1H3,(H,14,17)/q-1/b15-10-. The highest BCUT2D eigenvalue weighted by Gasteiger charge is 2.08. The first-order valence-corrected chi connectivity index (χ1v) is 5.98. The molecular formula is C11H12ClFN3O4-. The zero-order valence-corrected chi connectivity index (χ0v) is 11.2. The minimum atomic E-state index is -0.966. The molecule has 0 aliphatic rings. The summed E-state index contributed by atoms with van der Waals surface area (Å²) in [5, 5.41) is 24.3. The normalized spacial score (nSPS) is 11.2. The monoisotopic (exact) mass is 304 g/mol. The molecule has 9 heteroatoms. The zero-order valence-electron chi connectivity index (χ0n) is 10.5. The summed E-state index contributed by atoms with van der Waals surface area (Å²) in [6.07, 6.45) is 0.238. The van der Waals surface area contributed by atoms with E-state index >= 15 is 0 Å². The Morgan fingerprint density at radius 2 is 2.35 bits per heavy atom. The van der Waals surface area contributed by atoms with Crippen LogP contribution in [0.4, 0.5) is 20.6 Å². The molecule has 20 heavy (non-hydrogen) atoms. The second-order valence-electron chi connectivity index (χ2n) is 3.66. The molecule has 1 amide bonds. The molecule has 7 nitrogen and oxygen atoms in total. The lowest BCUT2D eigenvalue weighted by molar-refractivity contribution is 0.166. The maximum absolute atomic E-state index is 13.1. The number of hydrogen-bond donors (Lipinski definition) is 2. The van der Waals surface area contributed by atoms with Gasteiger partial charge in [0.2, 0.25) is 0 Å². The summed E-state index contributed by atoms with van der Waals surface area (Å²) in [7, 11) is 0. The van der Waals surface area contributed by atoms with Crippen LogP contribution in [-0.4, -0.2) is 16.5 Å². The number of benzene rings is 1. The van der Waals surface area contributed by atoms with Gasteiger partial charge in [-0.2, -0.15) is 0 Å². The smallest absolute Gasteiger partial charge is 0.437 e. The van der Waals surface area contributed by atoms with Crippen molar-refractivity contribution < 1.29 is 19.2 Å². The number of nitrogens with zero attached hydrogens (tertiary/aromatic N) is 2. The molecule has 0 bridgehead atoms. The lowest BCUT2D eigenvalue weighted by Crippen LogP contribution is -2.13. The highest BCUT2D eigenvalue weighted by Crippen LogP contribution is 2.22. The van der Waals surface area contributed by atoms with E-state index in [1.807, 2.05) is 6.92 Å². The molecule has 0 saturated carbocycles. The number of hydrogen-bond acceptors (Lipinski definition) is 6. The summed E-state index contributed by atoms with van der Waals surface area (Å²) in [6.45, 7) is 1.88. The average molecular weight is 305 g/mol. The topological polar surface area (TPSA) is 97.2 Å². The predicted octanol–water partition coefficient (Wildman–Crippen LogP) is 3.42. The molecular weight excluding hydrogens is 293 g/mol. The number of oxime groups is 1. The van der Waals surface area contributed by atoms with Gasteiger partial charge in [0.1, 0.15) is 11.0 Å². The van der Waals surface area contributed by atoms with E-state index in [2.05, 4.69) is 15.3 Å². The van der Waals surface area contributed by atoms with Crippen LogP contribution in [0.5, 0.6) is 0 Å².